The molecule has 0 atom stereocenters. The molecule has 3 nitrogen and oxygen atoms in total. The second kappa shape index (κ2) is 3.04. The van der Waals surface area contributed by atoms with Crippen LogP contribution in [0.25, 0.3) is 27.3 Å². The zero-order valence-electron chi connectivity index (χ0n) is 9.04. The molecule has 0 radical (unpaired) electrons. The van der Waals surface area contributed by atoms with Crippen molar-refractivity contribution in [3.63, 3.8) is 0 Å². The highest BCUT2D eigenvalue weighted by atomic mass is 15.0. The topological polar surface area (TPSA) is 30.2 Å². The van der Waals surface area contributed by atoms with E-state index in [0.717, 1.165) is 11.2 Å². The van der Waals surface area contributed by atoms with Gasteiger partial charge in [0.05, 0.1) is 11.7 Å². The number of hydrogen-bond donors (Lipinski definition) is 0. The Morgan fingerprint density at radius 3 is 2.71 bits per heavy atom. The molecule has 0 spiro atoms. The fraction of sp³-hybridized carbons (Fsp3) is 0. The number of aromatic nitrogens is 3. The Morgan fingerprint density at radius 2 is 1.76 bits per heavy atom. The summed E-state index contributed by atoms with van der Waals surface area (Å²) >= 11 is 0. The molecule has 3 aromatic heterocycles. The van der Waals surface area contributed by atoms with E-state index in [2.05, 4.69) is 38.6 Å². The Hall–Kier alpha value is -2.42. The molecule has 0 amide bonds. The summed E-state index contributed by atoms with van der Waals surface area (Å²) in [5.74, 6) is 0. The number of benzene rings is 1. The summed E-state index contributed by atoms with van der Waals surface area (Å²) in [6.07, 6.45) is 7.52. The highest BCUT2D eigenvalue weighted by molar-refractivity contribution is 6.11. The van der Waals surface area contributed by atoms with Crippen molar-refractivity contribution in [1.82, 2.24) is 14.4 Å². The number of fused-ring (bicyclic) bond motifs is 6. The number of pyridine rings is 2. The quantitative estimate of drug-likeness (QED) is 0.425. The minimum absolute atomic E-state index is 0.987. The van der Waals surface area contributed by atoms with Crippen molar-refractivity contribution in [2.75, 3.05) is 0 Å². The predicted octanol–water partition coefficient (Wildman–Crippen LogP) is 3.04. The van der Waals surface area contributed by atoms with Gasteiger partial charge >= 0.3 is 0 Å². The first-order valence-electron chi connectivity index (χ1n) is 5.52. The van der Waals surface area contributed by atoms with Crippen molar-refractivity contribution in [2.45, 2.75) is 0 Å². The van der Waals surface area contributed by atoms with Crippen molar-refractivity contribution in [3.8, 4) is 0 Å². The Kier molecular flexibility index (Phi) is 1.56. The highest BCUT2D eigenvalue weighted by Crippen LogP contribution is 2.27. The third-order valence-corrected chi connectivity index (χ3v) is 3.16. The number of nitrogens with zero attached hydrogens (tertiary/aromatic N) is 3. The van der Waals surface area contributed by atoms with Crippen LogP contribution in [-0.2, 0) is 0 Å². The predicted molar refractivity (Wildman–Crippen MR) is 68.0 cm³/mol. The van der Waals surface area contributed by atoms with Crippen molar-refractivity contribution in [2.24, 2.45) is 0 Å². The zero-order valence-corrected chi connectivity index (χ0v) is 9.04. The summed E-state index contributed by atoms with van der Waals surface area (Å²) in [5.41, 5.74) is 2.08. The van der Waals surface area contributed by atoms with E-state index in [4.69, 9.17) is 0 Å². The summed E-state index contributed by atoms with van der Waals surface area (Å²) in [6.45, 7) is 0. The van der Waals surface area contributed by atoms with E-state index in [1.54, 1.807) is 0 Å². The third-order valence-electron chi connectivity index (χ3n) is 3.16. The monoisotopic (exact) mass is 219 g/mol. The van der Waals surface area contributed by atoms with Crippen LogP contribution in [0.5, 0.6) is 0 Å². The van der Waals surface area contributed by atoms with E-state index in [0.29, 0.717) is 0 Å². The van der Waals surface area contributed by atoms with Gasteiger partial charge in [0.2, 0.25) is 0 Å². The van der Waals surface area contributed by atoms with Crippen LogP contribution in [0, 0.1) is 0 Å². The molecule has 0 aliphatic rings. The van der Waals surface area contributed by atoms with Gasteiger partial charge in [0.25, 0.3) is 0 Å². The zero-order chi connectivity index (χ0) is 11.2. The van der Waals surface area contributed by atoms with Crippen LogP contribution >= 0.6 is 0 Å². The Balaban J connectivity index is 2.48. The van der Waals surface area contributed by atoms with Gasteiger partial charge < -0.3 is 0 Å². The SMILES string of the molecule is c1ccc2c(c1)c1ccncc1n1ccnc21. The molecule has 0 bridgehead atoms. The van der Waals surface area contributed by atoms with Crippen LogP contribution in [0.4, 0.5) is 0 Å². The number of rotatable bonds is 0. The van der Waals surface area contributed by atoms with Gasteiger partial charge in [-0.3, -0.25) is 9.38 Å². The normalized spacial score (nSPS) is 11.5. The molecule has 0 saturated carbocycles. The van der Waals surface area contributed by atoms with Crippen molar-refractivity contribution in [1.29, 1.82) is 0 Å². The molecule has 4 rings (SSSR count). The molecule has 0 saturated heterocycles. The average molecular weight is 219 g/mol. The molecule has 0 fully saturated rings. The third kappa shape index (κ3) is 1.05. The largest absolute Gasteiger partial charge is 0.298 e. The molecule has 0 N–H and O–H groups in total. The molecule has 1 aromatic carbocycles. The van der Waals surface area contributed by atoms with Crippen molar-refractivity contribution < 1.29 is 0 Å². The molecule has 3 heteroatoms. The molecule has 80 valence electrons. The van der Waals surface area contributed by atoms with Crippen molar-refractivity contribution in [3.05, 3.63) is 55.1 Å². The lowest BCUT2D eigenvalue weighted by Crippen LogP contribution is -1.90. The lowest BCUT2D eigenvalue weighted by atomic mass is 10.1. The summed E-state index contributed by atoms with van der Waals surface area (Å²) in [6, 6.07) is 10.4. The summed E-state index contributed by atoms with van der Waals surface area (Å²) < 4.78 is 2.09. The van der Waals surface area contributed by atoms with Crippen molar-refractivity contribution >= 4 is 27.3 Å². The van der Waals surface area contributed by atoms with Gasteiger partial charge in [-0.25, -0.2) is 4.98 Å². The van der Waals surface area contributed by atoms with E-state index < -0.39 is 0 Å². The lowest BCUT2D eigenvalue weighted by Gasteiger charge is -2.06. The first kappa shape index (κ1) is 8.70. The molecule has 0 aliphatic heterocycles. The maximum Gasteiger partial charge on any atom is 0.145 e. The molecular formula is C14H9N3. The Labute approximate surface area is 97.4 Å². The van der Waals surface area contributed by atoms with E-state index in [1.807, 2.05) is 30.9 Å². The second-order valence-corrected chi connectivity index (χ2v) is 4.06. The molecule has 0 unspecified atom stereocenters. The summed E-state index contributed by atoms with van der Waals surface area (Å²) in [4.78, 5) is 8.63. The first-order chi connectivity index (χ1) is 8.45. The van der Waals surface area contributed by atoms with E-state index in [1.165, 1.54) is 16.2 Å². The minimum Gasteiger partial charge on any atom is -0.298 e. The van der Waals surface area contributed by atoms with E-state index in [9.17, 15) is 0 Å². The summed E-state index contributed by atoms with van der Waals surface area (Å²) in [5, 5.41) is 3.61. The Morgan fingerprint density at radius 1 is 0.882 bits per heavy atom. The van der Waals surface area contributed by atoms with Gasteiger partial charge in [-0.05, 0) is 11.5 Å². The smallest absolute Gasteiger partial charge is 0.145 e. The van der Waals surface area contributed by atoms with Gasteiger partial charge in [0.15, 0.2) is 0 Å². The van der Waals surface area contributed by atoms with Gasteiger partial charge in [-0.2, -0.15) is 0 Å². The molecule has 0 aliphatic carbocycles. The highest BCUT2D eigenvalue weighted by Gasteiger charge is 2.07. The van der Waals surface area contributed by atoms with Crippen LogP contribution in [0.15, 0.2) is 55.1 Å². The van der Waals surface area contributed by atoms with Gasteiger partial charge in [-0.1, -0.05) is 24.3 Å². The second-order valence-electron chi connectivity index (χ2n) is 4.06. The Bertz CT molecular complexity index is 776. The van der Waals surface area contributed by atoms with Crippen LogP contribution in [0.3, 0.4) is 0 Å². The molecule has 17 heavy (non-hydrogen) atoms. The summed E-state index contributed by atoms with van der Waals surface area (Å²) in [7, 11) is 0. The van der Waals surface area contributed by atoms with Crippen LogP contribution in [0.2, 0.25) is 0 Å². The number of imidazole rings is 1. The van der Waals surface area contributed by atoms with Gasteiger partial charge in [0, 0.05) is 29.4 Å². The standard InChI is InChI=1S/C14H9N3/c1-2-4-12-10(3-1)11-5-6-15-9-13(11)17-8-7-16-14(12)17/h1-9H. The average Bonchev–Trinajstić information content (AvgIpc) is 2.89. The maximum absolute atomic E-state index is 4.43. The van der Waals surface area contributed by atoms with Gasteiger partial charge in [0.1, 0.15) is 5.65 Å². The van der Waals surface area contributed by atoms with E-state index in [-0.39, 0.29) is 0 Å². The first-order valence-corrected chi connectivity index (χ1v) is 5.52. The lowest BCUT2D eigenvalue weighted by molar-refractivity contribution is 1.24. The van der Waals surface area contributed by atoms with Crippen LogP contribution < -0.4 is 0 Å². The fourth-order valence-electron chi connectivity index (χ4n) is 2.42. The van der Waals surface area contributed by atoms with Crippen LogP contribution in [-0.4, -0.2) is 14.4 Å². The van der Waals surface area contributed by atoms with Crippen LogP contribution in [0.1, 0.15) is 0 Å². The van der Waals surface area contributed by atoms with E-state index >= 15 is 0 Å². The molecular weight excluding hydrogens is 210 g/mol. The fourth-order valence-corrected chi connectivity index (χ4v) is 2.42. The maximum atomic E-state index is 4.43. The molecule has 4 aromatic rings. The molecule has 3 heterocycles. The van der Waals surface area contributed by atoms with Gasteiger partial charge in [-0.15, -0.1) is 0 Å². The number of hydrogen-bond acceptors (Lipinski definition) is 2. The minimum atomic E-state index is 0.987.